The van der Waals surface area contributed by atoms with Crippen LogP contribution in [0, 0.1) is 6.92 Å². The standard InChI is InChI=1S/C25H21N3O2S/c1-18-24(25(30)28(27(18)2)20-9-5-3-6-10-20)26-17-23(29)19-13-15-22(16-14-19)31-21-11-7-4-8-12-21/h3-17H,1-2H3. The summed E-state index contributed by atoms with van der Waals surface area (Å²) in [5.74, 6) is -0.245. The number of para-hydroxylation sites is 1. The molecule has 0 atom stereocenters. The zero-order chi connectivity index (χ0) is 21.8. The Hall–Kier alpha value is -3.64. The lowest BCUT2D eigenvalue weighted by atomic mass is 10.1. The Balaban J connectivity index is 1.54. The van der Waals surface area contributed by atoms with Crippen molar-refractivity contribution in [1.29, 1.82) is 0 Å². The molecule has 0 amide bonds. The molecule has 0 bridgehead atoms. The highest BCUT2D eigenvalue weighted by molar-refractivity contribution is 7.99. The highest BCUT2D eigenvalue weighted by Gasteiger charge is 2.15. The van der Waals surface area contributed by atoms with E-state index in [4.69, 9.17) is 0 Å². The first-order valence-electron chi connectivity index (χ1n) is 9.80. The molecule has 5 nitrogen and oxygen atoms in total. The third kappa shape index (κ3) is 4.44. The molecule has 31 heavy (non-hydrogen) atoms. The van der Waals surface area contributed by atoms with Crippen molar-refractivity contribution in [3.63, 3.8) is 0 Å². The summed E-state index contributed by atoms with van der Waals surface area (Å²) < 4.78 is 3.28. The zero-order valence-electron chi connectivity index (χ0n) is 17.2. The minimum absolute atomic E-state index is 0.245. The third-order valence-electron chi connectivity index (χ3n) is 4.95. The number of benzene rings is 3. The van der Waals surface area contributed by atoms with E-state index in [0.29, 0.717) is 11.3 Å². The highest BCUT2D eigenvalue weighted by atomic mass is 32.2. The maximum atomic E-state index is 12.9. The second-order valence-electron chi connectivity index (χ2n) is 6.97. The number of rotatable bonds is 6. The van der Waals surface area contributed by atoms with Crippen LogP contribution >= 0.6 is 11.8 Å². The quantitative estimate of drug-likeness (QED) is 0.313. The zero-order valence-corrected chi connectivity index (χ0v) is 18.0. The van der Waals surface area contributed by atoms with Gasteiger partial charge in [0.05, 0.1) is 17.6 Å². The lowest BCUT2D eigenvalue weighted by Gasteiger charge is -2.07. The molecule has 0 aliphatic carbocycles. The third-order valence-corrected chi connectivity index (χ3v) is 5.97. The molecular formula is C25H21N3O2S. The van der Waals surface area contributed by atoms with E-state index in [1.54, 1.807) is 40.3 Å². The predicted octanol–water partition coefficient (Wildman–Crippen LogP) is 5.22. The van der Waals surface area contributed by atoms with Crippen LogP contribution in [-0.2, 0) is 7.05 Å². The predicted molar refractivity (Wildman–Crippen MR) is 125 cm³/mol. The molecule has 0 aliphatic heterocycles. The normalized spacial score (nSPS) is 11.2. The van der Waals surface area contributed by atoms with Crippen molar-refractivity contribution < 1.29 is 4.79 Å². The van der Waals surface area contributed by atoms with Crippen molar-refractivity contribution in [1.82, 2.24) is 9.36 Å². The fourth-order valence-corrected chi connectivity index (χ4v) is 4.05. The van der Waals surface area contributed by atoms with Gasteiger partial charge in [0.1, 0.15) is 0 Å². The van der Waals surface area contributed by atoms with Gasteiger partial charge in [-0.3, -0.25) is 14.3 Å². The number of ketones is 1. The number of carbonyl (C=O) groups is 1. The van der Waals surface area contributed by atoms with Crippen LogP contribution in [0.5, 0.6) is 0 Å². The number of hydrogen-bond donors (Lipinski definition) is 0. The van der Waals surface area contributed by atoms with Crippen LogP contribution in [0.25, 0.3) is 5.69 Å². The molecule has 154 valence electrons. The van der Waals surface area contributed by atoms with Gasteiger partial charge in [-0.15, -0.1) is 0 Å². The SMILES string of the molecule is Cc1c(N=CC(=O)c2ccc(Sc3ccccc3)cc2)c(=O)n(-c2ccccc2)n1C. The molecule has 1 heterocycles. The number of nitrogens with zero attached hydrogens (tertiary/aromatic N) is 3. The monoisotopic (exact) mass is 427 g/mol. The summed E-state index contributed by atoms with van der Waals surface area (Å²) in [4.78, 5) is 31.9. The van der Waals surface area contributed by atoms with Gasteiger partial charge in [0.25, 0.3) is 5.56 Å². The van der Waals surface area contributed by atoms with Gasteiger partial charge < -0.3 is 0 Å². The Kier molecular flexibility index (Phi) is 6.00. The molecule has 0 N–H and O–H groups in total. The van der Waals surface area contributed by atoms with Gasteiger partial charge >= 0.3 is 0 Å². The lowest BCUT2D eigenvalue weighted by molar-refractivity contribution is 0.107. The van der Waals surface area contributed by atoms with Gasteiger partial charge in [-0.1, -0.05) is 48.2 Å². The van der Waals surface area contributed by atoms with Crippen LogP contribution < -0.4 is 5.56 Å². The van der Waals surface area contributed by atoms with Crippen molar-refractivity contribution in [3.8, 4) is 5.69 Å². The smallest absolute Gasteiger partial charge is 0.288 e. The summed E-state index contributed by atoms with van der Waals surface area (Å²) in [6, 6.07) is 26.8. The minimum atomic E-state index is -0.259. The van der Waals surface area contributed by atoms with Crippen LogP contribution in [0.2, 0.25) is 0 Å². The summed E-state index contributed by atoms with van der Waals surface area (Å²) in [5.41, 5.74) is 1.96. The summed E-state index contributed by atoms with van der Waals surface area (Å²) in [6.07, 6.45) is 1.22. The van der Waals surface area contributed by atoms with Crippen molar-refractivity contribution in [3.05, 3.63) is 107 Å². The van der Waals surface area contributed by atoms with E-state index in [-0.39, 0.29) is 17.0 Å². The Morgan fingerprint density at radius 3 is 2.10 bits per heavy atom. The highest BCUT2D eigenvalue weighted by Crippen LogP contribution is 2.27. The van der Waals surface area contributed by atoms with Gasteiger partial charge in [-0.2, -0.15) is 0 Å². The van der Waals surface area contributed by atoms with Gasteiger partial charge in [-0.05, 0) is 55.5 Å². The Labute approximate surface area is 184 Å². The first-order valence-corrected chi connectivity index (χ1v) is 10.6. The Morgan fingerprint density at radius 1 is 0.871 bits per heavy atom. The van der Waals surface area contributed by atoms with E-state index in [1.807, 2.05) is 79.7 Å². The van der Waals surface area contributed by atoms with Gasteiger partial charge in [0.15, 0.2) is 5.69 Å². The molecule has 0 saturated carbocycles. The van der Waals surface area contributed by atoms with E-state index in [9.17, 15) is 9.59 Å². The molecule has 0 aliphatic rings. The van der Waals surface area contributed by atoms with Crippen molar-refractivity contribution in [2.24, 2.45) is 12.0 Å². The van der Waals surface area contributed by atoms with Crippen molar-refractivity contribution in [2.45, 2.75) is 16.7 Å². The number of aromatic nitrogens is 2. The molecule has 0 spiro atoms. The molecular weight excluding hydrogens is 406 g/mol. The summed E-state index contributed by atoms with van der Waals surface area (Å²) in [7, 11) is 1.80. The molecule has 0 radical (unpaired) electrons. The van der Waals surface area contributed by atoms with Crippen molar-refractivity contribution >= 4 is 29.4 Å². The topological polar surface area (TPSA) is 56.4 Å². The summed E-state index contributed by atoms with van der Waals surface area (Å²) in [6.45, 7) is 1.81. The van der Waals surface area contributed by atoms with Gasteiger partial charge in [0, 0.05) is 22.4 Å². The maximum Gasteiger partial charge on any atom is 0.297 e. The van der Waals surface area contributed by atoms with Crippen LogP contribution in [0.15, 0.2) is 105 Å². The molecule has 0 fully saturated rings. The molecule has 6 heteroatoms. The second kappa shape index (κ2) is 9.02. The second-order valence-corrected chi connectivity index (χ2v) is 8.12. The number of carbonyl (C=O) groups excluding carboxylic acids is 1. The first-order chi connectivity index (χ1) is 15.0. The van der Waals surface area contributed by atoms with Crippen LogP contribution in [-0.4, -0.2) is 21.4 Å². The maximum absolute atomic E-state index is 12.9. The fraction of sp³-hybridized carbons (Fsp3) is 0.0800. The Morgan fingerprint density at radius 2 is 1.45 bits per heavy atom. The molecule has 3 aromatic carbocycles. The average Bonchev–Trinajstić information content (AvgIpc) is 3.01. The van der Waals surface area contributed by atoms with E-state index >= 15 is 0 Å². The van der Waals surface area contributed by atoms with Gasteiger partial charge in [0.2, 0.25) is 5.78 Å². The van der Waals surface area contributed by atoms with Crippen molar-refractivity contribution in [2.75, 3.05) is 0 Å². The van der Waals surface area contributed by atoms with Gasteiger partial charge in [-0.25, -0.2) is 9.67 Å². The van der Waals surface area contributed by atoms with Crippen LogP contribution in [0.3, 0.4) is 0 Å². The minimum Gasteiger partial charge on any atom is -0.288 e. The average molecular weight is 428 g/mol. The Bertz CT molecular complexity index is 1290. The first kappa shape index (κ1) is 20.6. The number of Topliss-reactive ketones (excluding diaryl/α,β-unsaturated/α-hetero) is 1. The van der Waals surface area contributed by atoms with E-state index in [0.717, 1.165) is 15.5 Å². The fourth-order valence-electron chi connectivity index (χ4n) is 3.21. The summed E-state index contributed by atoms with van der Waals surface area (Å²) in [5, 5.41) is 0. The van der Waals surface area contributed by atoms with Crippen LogP contribution in [0.1, 0.15) is 16.1 Å². The van der Waals surface area contributed by atoms with Crippen LogP contribution in [0.4, 0.5) is 5.69 Å². The van der Waals surface area contributed by atoms with E-state index in [1.165, 1.54) is 6.21 Å². The number of aliphatic imine (C=N–C) groups is 1. The van der Waals surface area contributed by atoms with E-state index in [2.05, 4.69) is 4.99 Å². The number of hydrogen-bond acceptors (Lipinski definition) is 4. The lowest BCUT2D eigenvalue weighted by Crippen LogP contribution is -2.19. The largest absolute Gasteiger partial charge is 0.297 e. The molecule has 4 aromatic rings. The molecule has 4 rings (SSSR count). The molecule has 0 unspecified atom stereocenters. The molecule has 0 saturated heterocycles. The van der Waals surface area contributed by atoms with E-state index < -0.39 is 0 Å². The molecule has 1 aromatic heterocycles. The summed E-state index contributed by atoms with van der Waals surface area (Å²) >= 11 is 1.63.